The summed E-state index contributed by atoms with van der Waals surface area (Å²) in [7, 11) is 0. The van der Waals surface area contributed by atoms with Gasteiger partial charge in [-0.25, -0.2) is 0 Å². The number of benzene rings is 2. The van der Waals surface area contributed by atoms with Crippen LogP contribution in [-0.2, 0) is 6.54 Å². The van der Waals surface area contributed by atoms with Crippen LogP contribution >= 0.6 is 0 Å². The van der Waals surface area contributed by atoms with Crippen LogP contribution in [0.15, 0.2) is 54.6 Å². The fourth-order valence-electron chi connectivity index (χ4n) is 2.16. The Kier molecular flexibility index (Phi) is 4.99. The first-order valence-electron chi connectivity index (χ1n) is 7.27. The number of anilines is 1. The van der Waals surface area contributed by atoms with Crippen molar-refractivity contribution in [1.29, 1.82) is 0 Å². The lowest BCUT2D eigenvalue weighted by molar-refractivity contribution is 0.132. The van der Waals surface area contributed by atoms with Gasteiger partial charge in [-0.1, -0.05) is 56.3 Å². The minimum absolute atomic E-state index is 0.0716. The second-order valence-corrected chi connectivity index (χ2v) is 6.09. The molecule has 0 aromatic heterocycles. The van der Waals surface area contributed by atoms with Crippen molar-refractivity contribution in [1.82, 2.24) is 0 Å². The van der Waals surface area contributed by atoms with Crippen LogP contribution in [0.3, 0.4) is 0 Å². The predicted molar refractivity (Wildman–Crippen MR) is 88.0 cm³/mol. The molecule has 0 bridgehead atoms. The summed E-state index contributed by atoms with van der Waals surface area (Å²) in [6.45, 7) is 4.81. The maximum absolute atomic E-state index is 9.40. The first-order chi connectivity index (χ1) is 10.0. The van der Waals surface area contributed by atoms with E-state index >= 15 is 0 Å². The van der Waals surface area contributed by atoms with Gasteiger partial charge in [0.05, 0.1) is 0 Å². The fourth-order valence-corrected chi connectivity index (χ4v) is 2.16. The van der Waals surface area contributed by atoms with Crippen molar-refractivity contribution in [3.05, 3.63) is 65.7 Å². The van der Waals surface area contributed by atoms with E-state index in [0.29, 0.717) is 0 Å². The molecule has 0 aliphatic carbocycles. The number of hydrogen-bond acceptors (Lipinski definition) is 3. The lowest BCUT2D eigenvalue weighted by Gasteiger charge is -2.29. The average molecular weight is 284 g/mol. The van der Waals surface area contributed by atoms with Gasteiger partial charge in [0.1, 0.15) is 0 Å². The largest absolute Gasteiger partial charge is 0.396 e. The van der Waals surface area contributed by atoms with Crippen LogP contribution in [0.4, 0.5) is 5.69 Å². The van der Waals surface area contributed by atoms with E-state index < -0.39 is 0 Å². The van der Waals surface area contributed by atoms with Gasteiger partial charge in [0.25, 0.3) is 0 Å². The molecule has 3 nitrogen and oxygen atoms in total. The molecule has 21 heavy (non-hydrogen) atoms. The SMILES string of the molecule is CC(C)(CO)[C@H](N)c1ccc(NCc2ccccc2)cc1. The van der Waals surface area contributed by atoms with E-state index in [0.717, 1.165) is 17.8 Å². The summed E-state index contributed by atoms with van der Waals surface area (Å²) in [5.41, 5.74) is 9.25. The van der Waals surface area contributed by atoms with Crippen LogP contribution in [0.2, 0.25) is 0 Å². The second kappa shape index (κ2) is 6.74. The molecule has 2 aromatic rings. The molecule has 2 aromatic carbocycles. The molecule has 0 unspecified atom stereocenters. The van der Waals surface area contributed by atoms with E-state index in [4.69, 9.17) is 5.73 Å². The molecule has 112 valence electrons. The topological polar surface area (TPSA) is 58.3 Å². The number of rotatable bonds is 6. The van der Waals surface area contributed by atoms with Crippen LogP contribution in [0, 0.1) is 5.41 Å². The summed E-state index contributed by atoms with van der Waals surface area (Å²) in [4.78, 5) is 0. The molecular formula is C18H24N2O. The van der Waals surface area contributed by atoms with Crippen LogP contribution in [0.25, 0.3) is 0 Å². The fraction of sp³-hybridized carbons (Fsp3) is 0.333. The molecule has 0 saturated heterocycles. The van der Waals surface area contributed by atoms with Crippen LogP contribution < -0.4 is 11.1 Å². The van der Waals surface area contributed by atoms with Crippen molar-refractivity contribution in [3.8, 4) is 0 Å². The van der Waals surface area contributed by atoms with E-state index in [1.165, 1.54) is 5.56 Å². The van der Waals surface area contributed by atoms with Gasteiger partial charge < -0.3 is 16.2 Å². The Hall–Kier alpha value is -1.84. The summed E-state index contributed by atoms with van der Waals surface area (Å²) >= 11 is 0. The van der Waals surface area contributed by atoms with E-state index in [2.05, 4.69) is 17.4 Å². The molecule has 0 heterocycles. The molecule has 0 amide bonds. The lowest BCUT2D eigenvalue weighted by Crippen LogP contribution is -2.32. The van der Waals surface area contributed by atoms with Gasteiger partial charge in [-0.15, -0.1) is 0 Å². The molecule has 0 aliphatic rings. The first kappa shape index (κ1) is 15.5. The molecule has 2 rings (SSSR count). The first-order valence-corrected chi connectivity index (χ1v) is 7.27. The molecule has 4 N–H and O–H groups in total. The molecule has 0 aliphatic heterocycles. The Morgan fingerprint density at radius 3 is 2.24 bits per heavy atom. The molecular weight excluding hydrogens is 260 g/mol. The van der Waals surface area contributed by atoms with Crippen molar-refractivity contribution < 1.29 is 5.11 Å². The van der Waals surface area contributed by atoms with Gasteiger partial charge >= 0.3 is 0 Å². The highest BCUT2D eigenvalue weighted by molar-refractivity contribution is 5.45. The van der Waals surface area contributed by atoms with Gasteiger partial charge in [0.15, 0.2) is 0 Å². The van der Waals surface area contributed by atoms with E-state index in [-0.39, 0.29) is 18.1 Å². The Balaban J connectivity index is 1.99. The molecule has 1 atom stereocenters. The Bertz CT molecular complexity index is 549. The maximum Gasteiger partial charge on any atom is 0.0500 e. The number of nitrogens with one attached hydrogen (secondary N) is 1. The van der Waals surface area contributed by atoms with Gasteiger partial charge in [-0.05, 0) is 23.3 Å². The average Bonchev–Trinajstić information content (AvgIpc) is 2.53. The zero-order valence-corrected chi connectivity index (χ0v) is 12.7. The minimum Gasteiger partial charge on any atom is -0.396 e. The zero-order chi connectivity index (χ0) is 15.3. The van der Waals surface area contributed by atoms with Gasteiger partial charge in [-0.2, -0.15) is 0 Å². The molecule has 0 radical (unpaired) electrons. The number of aliphatic hydroxyl groups is 1. The van der Waals surface area contributed by atoms with Crippen molar-refractivity contribution >= 4 is 5.69 Å². The quantitative estimate of drug-likeness (QED) is 0.762. The maximum atomic E-state index is 9.40. The zero-order valence-electron chi connectivity index (χ0n) is 12.7. The van der Waals surface area contributed by atoms with Crippen molar-refractivity contribution in [3.63, 3.8) is 0 Å². The van der Waals surface area contributed by atoms with E-state index in [9.17, 15) is 5.11 Å². The summed E-state index contributed by atoms with van der Waals surface area (Å²) in [6, 6.07) is 18.2. The van der Waals surface area contributed by atoms with E-state index in [1.54, 1.807) is 0 Å². The normalized spacial score (nSPS) is 13.0. The van der Waals surface area contributed by atoms with Crippen LogP contribution in [0.5, 0.6) is 0 Å². The predicted octanol–water partition coefficient (Wildman–Crippen LogP) is 3.32. The summed E-state index contributed by atoms with van der Waals surface area (Å²) in [5, 5.41) is 12.8. The minimum atomic E-state index is -0.320. The van der Waals surface area contributed by atoms with Crippen molar-refractivity contribution in [2.75, 3.05) is 11.9 Å². The lowest BCUT2D eigenvalue weighted by atomic mass is 9.82. The highest BCUT2D eigenvalue weighted by Gasteiger charge is 2.26. The summed E-state index contributed by atoms with van der Waals surface area (Å²) in [5.74, 6) is 0. The smallest absolute Gasteiger partial charge is 0.0500 e. The molecule has 0 spiro atoms. The van der Waals surface area contributed by atoms with Crippen molar-refractivity contribution in [2.24, 2.45) is 11.1 Å². The number of aliphatic hydroxyl groups excluding tert-OH is 1. The van der Waals surface area contributed by atoms with Crippen LogP contribution in [0.1, 0.15) is 31.0 Å². The van der Waals surface area contributed by atoms with Gasteiger partial charge in [-0.3, -0.25) is 0 Å². The molecule has 0 saturated carbocycles. The molecule has 0 fully saturated rings. The van der Waals surface area contributed by atoms with Crippen LogP contribution in [-0.4, -0.2) is 11.7 Å². The number of hydrogen-bond donors (Lipinski definition) is 3. The third-order valence-corrected chi connectivity index (χ3v) is 3.86. The molecule has 3 heteroatoms. The highest BCUT2D eigenvalue weighted by atomic mass is 16.3. The summed E-state index contributed by atoms with van der Waals surface area (Å²) in [6.07, 6.45) is 0. The second-order valence-electron chi connectivity index (χ2n) is 6.09. The van der Waals surface area contributed by atoms with E-state index in [1.807, 2.05) is 56.3 Å². The Morgan fingerprint density at radius 1 is 1.05 bits per heavy atom. The standard InChI is InChI=1S/C18H24N2O/c1-18(2,13-21)17(19)15-8-10-16(11-9-15)20-12-14-6-4-3-5-7-14/h3-11,17,20-21H,12-13,19H2,1-2H3/t17-/m1/s1. The number of nitrogens with two attached hydrogens (primary N) is 1. The van der Waals surface area contributed by atoms with Crippen molar-refractivity contribution in [2.45, 2.75) is 26.4 Å². The summed E-state index contributed by atoms with van der Waals surface area (Å²) < 4.78 is 0. The third kappa shape index (κ3) is 4.06. The monoisotopic (exact) mass is 284 g/mol. The highest BCUT2D eigenvalue weighted by Crippen LogP contribution is 2.31. The third-order valence-electron chi connectivity index (χ3n) is 3.86. The Morgan fingerprint density at radius 2 is 1.67 bits per heavy atom. The van der Waals surface area contributed by atoms with Gasteiger partial charge in [0.2, 0.25) is 0 Å². The Labute approximate surface area is 126 Å². The van der Waals surface area contributed by atoms with Gasteiger partial charge in [0, 0.05) is 30.3 Å².